The minimum absolute atomic E-state index is 0.0765. The van der Waals surface area contributed by atoms with Crippen molar-refractivity contribution in [1.29, 1.82) is 0 Å². The van der Waals surface area contributed by atoms with Crippen molar-refractivity contribution >= 4 is 46.4 Å². The second kappa shape index (κ2) is 7.02. The van der Waals surface area contributed by atoms with Gasteiger partial charge in [0.05, 0.1) is 0 Å². The monoisotopic (exact) mass is 347 g/mol. The van der Waals surface area contributed by atoms with E-state index in [-0.39, 0.29) is 6.04 Å². The number of hydrogen-bond donors (Lipinski definition) is 1. The third-order valence-corrected chi connectivity index (χ3v) is 4.17. The van der Waals surface area contributed by atoms with E-state index in [0.29, 0.717) is 32.9 Å². The fraction of sp³-hybridized carbons (Fsp3) is 0.200. The summed E-state index contributed by atoms with van der Waals surface area (Å²) in [5, 5.41) is 2.51. The first kappa shape index (κ1) is 15.9. The Morgan fingerprint density at radius 2 is 1.15 bits per heavy atom. The zero-order valence-electron chi connectivity index (χ0n) is 10.5. The zero-order chi connectivity index (χ0) is 14.7. The van der Waals surface area contributed by atoms with E-state index in [1.165, 1.54) is 0 Å². The maximum Gasteiger partial charge on any atom is 0.0453 e. The number of rotatable bonds is 4. The summed E-state index contributed by atoms with van der Waals surface area (Å²) in [7, 11) is 0. The molecule has 0 bridgehead atoms. The predicted octanol–water partition coefficient (Wildman–Crippen LogP) is 5.41. The molecule has 0 aromatic heterocycles. The fourth-order valence-corrected chi connectivity index (χ4v) is 2.98. The number of benzene rings is 2. The molecule has 0 radical (unpaired) electrons. The van der Waals surface area contributed by atoms with E-state index in [9.17, 15) is 0 Å². The summed E-state index contributed by atoms with van der Waals surface area (Å²) in [6.45, 7) is 0. The molecule has 0 aliphatic rings. The summed E-state index contributed by atoms with van der Waals surface area (Å²) in [5.74, 6) is 0. The molecular formula is C15H13Cl4N. The van der Waals surface area contributed by atoms with Crippen molar-refractivity contribution < 1.29 is 0 Å². The van der Waals surface area contributed by atoms with Crippen LogP contribution in [-0.4, -0.2) is 6.04 Å². The van der Waals surface area contributed by atoms with E-state index in [2.05, 4.69) is 0 Å². The van der Waals surface area contributed by atoms with Crippen molar-refractivity contribution in [2.45, 2.75) is 18.9 Å². The smallest absolute Gasteiger partial charge is 0.0453 e. The largest absolute Gasteiger partial charge is 0.327 e. The zero-order valence-corrected chi connectivity index (χ0v) is 13.6. The molecule has 20 heavy (non-hydrogen) atoms. The summed E-state index contributed by atoms with van der Waals surface area (Å²) >= 11 is 24.0. The molecule has 0 fully saturated rings. The lowest BCUT2D eigenvalue weighted by atomic mass is 10.00. The van der Waals surface area contributed by atoms with Crippen LogP contribution in [0.4, 0.5) is 0 Å². The standard InChI is InChI=1S/C15H13Cl4N/c16-11-3-1-9(14(18)7-11)5-13(20)6-10-2-4-12(17)8-15(10)19/h1-4,7-8,13H,5-6,20H2. The molecule has 0 amide bonds. The average molecular weight is 349 g/mol. The Labute approximate surface area is 138 Å². The molecule has 2 aromatic rings. The van der Waals surface area contributed by atoms with Crippen molar-refractivity contribution in [2.75, 3.05) is 0 Å². The minimum Gasteiger partial charge on any atom is -0.327 e. The van der Waals surface area contributed by atoms with E-state index < -0.39 is 0 Å². The van der Waals surface area contributed by atoms with Gasteiger partial charge in [0.15, 0.2) is 0 Å². The van der Waals surface area contributed by atoms with Crippen LogP contribution < -0.4 is 5.73 Å². The molecule has 0 unspecified atom stereocenters. The number of nitrogens with two attached hydrogens (primary N) is 1. The van der Waals surface area contributed by atoms with Crippen LogP contribution in [0.15, 0.2) is 36.4 Å². The van der Waals surface area contributed by atoms with E-state index in [4.69, 9.17) is 52.1 Å². The van der Waals surface area contributed by atoms with Crippen LogP contribution >= 0.6 is 46.4 Å². The van der Waals surface area contributed by atoms with Gasteiger partial charge in [-0.2, -0.15) is 0 Å². The second-order valence-corrected chi connectivity index (χ2v) is 6.33. The Morgan fingerprint density at radius 3 is 1.50 bits per heavy atom. The Bertz CT molecular complexity index is 559. The van der Waals surface area contributed by atoms with Gasteiger partial charge in [-0.3, -0.25) is 0 Å². The average Bonchev–Trinajstić information content (AvgIpc) is 2.36. The molecule has 0 atom stereocenters. The van der Waals surface area contributed by atoms with Crippen LogP contribution in [0.5, 0.6) is 0 Å². The molecule has 0 spiro atoms. The number of hydrogen-bond acceptors (Lipinski definition) is 1. The van der Waals surface area contributed by atoms with Gasteiger partial charge in [0.1, 0.15) is 0 Å². The van der Waals surface area contributed by atoms with E-state index >= 15 is 0 Å². The minimum atomic E-state index is -0.0765. The maximum absolute atomic E-state index is 6.17. The highest BCUT2D eigenvalue weighted by molar-refractivity contribution is 6.35. The van der Waals surface area contributed by atoms with Crippen molar-refractivity contribution in [2.24, 2.45) is 5.73 Å². The van der Waals surface area contributed by atoms with E-state index in [0.717, 1.165) is 11.1 Å². The Balaban J connectivity index is 2.07. The van der Waals surface area contributed by atoms with Crippen molar-refractivity contribution in [3.8, 4) is 0 Å². The highest BCUT2D eigenvalue weighted by Gasteiger charge is 2.11. The van der Waals surface area contributed by atoms with Crippen molar-refractivity contribution in [3.63, 3.8) is 0 Å². The maximum atomic E-state index is 6.17. The van der Waals surface area contributed by atoms with Gasteiger partial charge in [0.25, 0.3) is 0 Å². The SMILES string of the molecule is NC(Cc1ccc(Cl)cc1Cl)Cc1ccc(Cl)cc1Cl. The summed E-state index contributed by atoms with van der Waals surface area (Å²) in [5.41, 5.74) is 8.13. The highest BCUT2D eigenvalue weighted by atomic mass is 35.5. The first-order valence-corrected chi connectivity index (χ1v) is 7.60. The molecule has 106 valence electrons. The van der Waals surface area contributed by atoms with Crippen LogP contribution in [0.25, 0.3) is 0 Å². The lowest BCUT2D eigenvalue weighted by Crippen LogP contribution is -2.25. The lowest BCUT2D eigenvalue weighted by molar-refractivity contribution is 0.665. The molecule has 2 rings (SSSR count). The van der Waals surface area contributed by atoms with Gasteiger partial charge in [-0.1, -0.05) is 58.5 Å². The Kier molecular flexibility index (Phi) is 5.59. The predicted molar refractivity (Wildman–Crippen MR) is 88.3 cm³/mol. The molecule has 0 heterocycles. The summed E-state index contributed by atoms with van der Waals surface area (Å²) in [6, 6.07) is 10.8. The van der Waals surface area contributed by atoms with Gasteiger partial charge in [0.2, 0.25) is 0 Å². The third-order valence-electron chi connectivity index (χ3n) is 2.99. The third kappa shape index (κ3) is 4.28. The summed E-state index contributed by atoms with van der Waals surface area (Å²) in [4.78, 5) is 0. The molecule has 0 aliphatic carbocycles. The van der Waals surface area contributed by atoms with Gasteiger partial charge in [-0.25, -0.2) is 0 Å². The summed E-state index contributed by atoms with van der Waals surface area (Å²) < 4.78 is 0. The van der Waals surface area contributed by atoms with Gasteiger partial charge in [0, 0.05) is 26.1 Å². The van der Waals surface area contributed by atoms with Gasteiger partial charge in [-0.05, 0) is 48.2 Å². The quantitative estimate of drug-likeness (QED) is 0.785. The second-order valence-electron chi connectivity index (χ2n) is 4.64. The van der Waals surface area contributed by atoms with Crippen LogP contribution in [0, 0.1) is 0 Å². The van der Waals surface area contributed by atoms with Crippen LogP contribution in [-0.2, 0) is 12.8 Å². The lowest BCUT2D eigenvalue weighted by Gasteiger charge is -2.14. The fourth-order valence-electron chi connectivity index (χ4n) is 2.01. The van der Waals surface area contributed by atoms with Gasteiger partial charge in [-0.15, -0.1) is 0 Å². The van der Waals surface area contributed by atoms with Gasteiger partial charge >= 0.3 is 0 Å². The van der Waals surface area contributed by atoms with Crippen LogP contribution in [0.3, 0.4) is 0 Å². The van der Waals surface area contributed by atoms with E-state index in [1.807, 2.05) is 24.3 Å². The molecule has 2 aromatic carbocycles. The molecule has 2 N–H and O–H groups in total. The van der Waals surface area contributed by atoms with Crippen molar-refractivity contribution in [3.05, 3.63) is 67.6 Å². The Morgan fingerprint density at radius 1 is 0.750 bits per heavy atom. The molecular weight excluding hydrogens is 336 g/mol. The topological polar surface area (TPSA) is 26.0 Å². The molecule has 5 heteroatoms. The van der Waals surface area contributed by atoms with Gasteiger partial charge < -0.3 is 5.73 Å². The Hall–Kier alpha value is -0.440. The van der Waals surface area contributed by atoms with Crippen LogP contribution in [0.1, 0.15) is 11.1 Å². The molecule has 1 nitrogen and oxygen atoms in total. The van der Waals surface area contributed by atoms with Crippen molar-refractivity contribution in [1.82, 2.24) is 0 Å². The highest BCUT2D eigenvalue weighted by Crippen LogP contribution is 2.25. The molecule has 0 saturated carbocycles. The first-order valence-electron chi connectivity index (χ1n) is 6.09. The summed E-state index contributed by atoms with van der Waals surface area (Å²) in [6.07, 6.45) is 1.32. The van der Waals surface area contributed by atoms with E-state index in [1.54, 1.807) is 12.1 Å². The van der Waals surface area contributed by atoms with Crippen LogP contribution in [0.2, 0.25) is 20.1 Å². The normalized spacial score (nSPS) is 11.1. The number of halogens is 4. The molecule has 0 saturated heterocycles. The molecule has 0 aliphatic heterocycles. The first-order chi connectivity index (χ1) is 9.45.